The molecule has 7 heteroatoms. The van der Waals surface area contributed by atoms with Crippen LogP contribution in [0.15, 0.2) is 42.5 Å². The Hall–Kier alpha value is -2.93. The maximum atomic E-state index is 13.2. The molecule has 0 saturated carbocycles. The monoisotopic (exact) mass is 472 g/mol. The highest BCUT2D eigenvalue weighted by Gasteiger charge is 2.16. The number of amides is 2. The lowest BCUT2D eigenvalue weighted by Gasteiger charge is -2.24. The molecule has 2 N–H and O–H groups in total. The fourth-order valence-corrected chi connectivity index (χ4v) is 3.57. The summed E-state index contributed by atoms with van der Waals surface area (Å²) in [5, 5.41) is 11.9. The Morgan fingerprint density at radius 2 is 1.65 bits per heavy atom. The first-order chi connectivity index (χ1) is 16.6. The first-order valence-electron chi connectivity index (χ1n) is 12.2. The van der Waals surface area contributed by atoms with Gasteiger partial charge in [0.25, 0.3) is 0 Å². The van der Waals surface area contributed by atoms with E-state index in [0.717, 1.165) is 37.0 Å². The van der Waals surface area contributed by atoms with Crippen molar-refractivity contribution in [3.05, 3.63) is 48.0 Å². The predicted octanol–water partition coefficient (Wildman–Crippen LogP) is 5.86. The van der Waals surface area contributed by atoms with Gasteiger partial charge in [-0.15, -0.1) is 0 Å². The average molecular weight is 473 g/mol. The van der Waals surface area contributed by atoms with Crippen LogP contribution in [-0.4, -0.2) is 50.0 Å². The van der Waals surface area contributed by atoms with Gasteiger partial charge in [0, 0.05) is 25.8 Å². The third kappa shape index (κ3) is 9.51. The van der Waals surface area contributed by atoms with Crippen LogP contribution in [0.4, 0.5) is 10.5 Å². The van der Waals surface area contributed by atoms with Gasteiger partial charge in [0.05, 0.1) is 26.5 Å². The number of rotatable bonds is 16. The highest BCUT2D eigenvalue weighted by Crippen LogP contribution is 2.29. The molecule has 0 aliphatic heterocycles. The van der Waals surface area contributed by atoms with Crippen molar-refractivity contribution in [2.45, 2.75) is 58.4 Å². The molecule has 2 aromatic rings. The summed E-state index contributed by atoms with van der Waals surface area (Å²) in [6.07, 6.45) is 7.20. The zero-order valence-electron chi connectivity index (χ0n) is 20.8. The number of hydrogen-bond acceptors (Lipinski definition) is 5. The Kier molecular flexibility index (Phi) is 12.7. The summed E-state index contributed by atoms with van der Waals surface area (Å²) in [6.45, 7) is 4.13. The van der Waals surface area contributed by atoms with E-state index in [-0.39, 0.29) is 12.6 Å². The number of urea groups is 1. The number of aliphatic hydroxyl groups excluding tert-OH is 1. The third-order valence-electron chi connectivity index (χ3n) is 5.59. The van der Waals surface area contributed by atoms with Crippen LogP contribution in [-0.2, 0) is 6.54 Å². The number of carbonyl (C=O) groups is 1. The molecule has 0 radical (unpaired) electrons. The summed E-state index contributed by atoms with van der Waals surface area (Å²) in [4.78, 5) is 15.1. The van der Waals surface area contributed by atoms with E-state index in [1.165, 1.54) is 19.3 Å². The first kappa shape index (κ1) is 27.3. The minimum absolute atomic E-state index is 0.164. The number of hydrogen-bond donors (Lipinski definition) is 2. The van der Waals surface area contributed by atoms with Crippen molar-refractivity contribution in [2.75, 3.05) is 39.3 Å². The Morgan fingerprint density at radius 1 is 0.912 bits per heavy atom. The standard InChI is InChI=1S/C27H40N2O5/c1-4-5-6-7-8-17-29(21-22-11-13-23(14-12-22)34-19-10-9-18-30)27(31)28-25-16-15-24(32-2)20-26(25)33-3/h11-16,20,30H,4-10,17-19,21H2,1-3H3,(H,28,31). The lowest BCUT2D eigenvalue weighted by molar-refractivity contribution is 0.207. The highest BCUT2D eigenvalue weighted by atomic mass is 16.5. The van der Waals surface area contributed by atoms with E-state index in [1.54, 1.807) is 32.4 Å². The van der Waals surface area contributed by atoms with Crippen molar-refractivity contribution in [3.8, 4) is 17.2 Å². The zero-order chi connectivity index (χ0) is 24.6. The molecule has 0 aliphatic carbocycles. The number of carbonyl (C=O) groups excluding carboxylic acids is 1. The van der Waals surface area contributed by atoms with Crippen LogP contribution in [0.5, 0.6) is 17.2 Å². The molecule has 0 aromatic heterocycles. The number of nitrogens with one attached hydrogen (secondary N) is 1. The van der Waals surface area contributed by atoms with Gasteiger partial charge >= 0.3 is 6.03 Å². The van der Waals surface area contributed by atoms with Crippen molar-refractivity contribution in [3.63, 3.8) is 0 Å². The van der Waals surface area contributed by atoms with Gasteiger partial charge in [0.15, 0.2) is 0 Å². The second kappa shape index (κ2) is 15.8. The van der Waals surface area contributed by atoms with Gasteiger partial charge in [-0.1, -0.05) is 44.7 Å². The van der Waals surface area contributed by atoms with Gasteiger partial charge in [-0.3, -0.25) is 0 Å². The quantitative estimate of drug-likeness (QED) is 0.299. The molecule has 0 fully saturated rings. The number of nitrogens with zero attached hydrogens (tertiary/aromatic N) is 1. The third-order valence-corrected chi connectivity index (χ3v) is 5.59. The minimum atomic E-state index is -0.164. The summed E-state index contributed by atoms with van der Waals surface area (Å²) in [5.41, 5.74) is 1.64. The molecule has 0 atom stereocenters. The predicted molar refractivity (Wildman–Crippen MR) is 136 cm³/mol. The normalized spacial score (nSPS) is 10.6. The molecular formula is C27H40N2O5. The van der Waals surface area contributed by atoms with E-state index in [0.29, 0.717) is 36.9 Å². The summed E-state index contributed by atoms with van der Waals surface area (Å²) < 4.78 is 16.4. The summed E-state index contributed by atoms with van der Waals surface area (Å²) in [6, 6.07) is 13.0. The van der Waals surface area contributed by atoms with Crippen LogP contribution >= 0.6 is 0 Å². The summed E-state index contributed by atoms with van der Waals surface area (Å²) >= 11 is 0. The SMILES string of the molecule is CCCCCCCN(Cc1ccc(OCCCCO)cc1)C(=O)Nc1ccc(OC)cc1OC. The van der Waals surface area contributed by atoms with Gasteiger partial charge in [-0.05, 0) is 49.1 Å². The largest absolute Gasteiger partial charge is 0.497 e. The summed E-state index contributed by atoms with van der Waals surface area (Å²) in [7, 11) is 3.17. The maximum absolute atomic E-state index is 13.2. The first-order valence-corrected chi connectivity index (χ1v) is 12.2. The Balaban J connectivity index is 2.04. The molecule has 0 spiro atoms. The van der Waals surface area contributed by atoms with E-state index in [1.807, 2.05) is 29.2 Å². The van der Waals surface area contributed by atoms with Crippen LogP contribution in [0.25, 0.3) is 0 Å². The number of unbranched alkanes of at least 4 members (excludes halogenated alkanes) is 5. The van der Waals surface area contributed by atoms with Gasteiger partial charge in [-0.2, -0.15) is 0 Å². The van der Waals surface area contributed by atoms with Crippen molar-refractivity contribution in [1.29, 1.82) is 0 Å². The highest BCUT2D eigenvalue weighted by molar-refractivity contribution is 5.91. The minimum Gasteiger partial charge on any atom is -0.497 e. The van der Waals surface area contributed by atoms with E-state index >= 15 is 0 Å². The number of ether oxygens (including phenoxy) is 3. The Bertz CT molecular complexity index is 841. The number of anilines is 1. The molecular weight excluding hydrogens is 432 g/mol. The van der Waals surface area contributed by atoms with Crippen LogP contribution in [0, 0.1) is 0 Å². The van der Waals surface area contributed by atoms with Crippen molar-refractivity contribution in [1.82, 2.24) is 4.90 Å². The van der Waals surface area contributed by atoms with Gasteiger partial charge in [-0.25, -0.2) is 4.79 Å². The van der Waals surface area contributed by atoms with Crippen LogP contribution in [0.2, 0.25) is 0 Å². The molecule has 0 aliphatic rings. The van der Waals surface area contributed by atoms with E-state index in [4.69, 9.17) is 19.3 Å². The van der Waals surface area contributed by atoms with Gasteiger partial charge < -0.3 is 29.5 Å². The average Bonchev–Trinajstić information content (AvgIpc) is 2.86. The number of aliphatic hydroxyl groups is 1. The Morgan fingerprint density at radius 3 is 2.32 bits per heavy atom. The number of benzene rings is 2. The smallest absolute Gasteiger partial charge is 0.322 e. The zero-order valence-corrected chi connectivity index (χ0v) is 20.8. The molecule has 2 rings (SSSR count). The van der Waals surface area contributed by atoms with Crippen LogP contribution < -0.4 is 19.5 Å². The van der Waals surface area contributed by atoms with Crippen LogP contribution in [0.3, 0.4) is 0 Å². The molecule has 0 saturated heterocycles. The Labute approximate surface area is 204 Å². The number of methoxy groups -OCH3 is 2. The van der Waals surface area contributed by atoms with E-state index in [9.17, 15) is 4.79 Å². The van der Waals surface area contributed by atoms with Gasteiger partial charge in [0.2, 0.25) is 0 Å². The second-order valence-electron chi connectivity index (χ2n) is 8.26. The molecule has 7 nitrogen and oxygen atoms in total. The lowest BCUT2D eigenvalue weighted by Crippen LogP contribution is -2.35. The topological polar surface area (TPSA) is 80.3 Å². The molecule has 34 heavy (non-hydrogen) atoms. The second-order valence-corrected chi connectivity index (χ2v) is 8.26. The lowest BCUT2D eigenvalue weighted by atomic mass is 10.1. The fraction of sp³-hybridized carbons (Fsp3) is 0.519. The molecule has 0 bridgehead atoms. The fourth-order valence-electron chi connectivity index (χ4n) is 3.57. The van der Waals surface area contributed by atoms with Crippen molar-refractivity contribution < 1.29 is 24.1 Å². The van der Waals surface area contributed by atoms with Crippen molar-refractivity contribution >= 4 is 11.7 Å². The molecule has 0 heterocycles. The van der Waals surface area contributed by atoms with E-state index < -0.39 is 0 Å². The summed E-state index contributed by atoms with van der Waals surface area (Å²) in [5.74, 6) is 2.01. The molecule has 2 amide bonds. The van der Waals surface area contributed by atoms with E-state index in [2.05, 4.69) is 12.2 Å². The molecule has 2 aromatic carbocycles. The molecule has 188 valence electrons. The maximum Gasteiger partial charge on any atom is 0.322 e. The van der Waals surface area contributed by atoms with Gasteiger partial charge in [0.1, 0.15) is 17.2 Å². The molecule has 0 unspecified atom stereocenters. The van der Waals surface area contributed by atoms with Crippen LogP contribution in [0.1, 0.15) is 57.4 Å². The van der Waals surface area contributed by atoms with Crippen molar-refractivity contribution in [2.24, 2.45) is 0 Å².